The maximum Gasteiger partial charge on any atom is 0.208 e. The molecule has 1 N–H and O–H groups in total. The van der Waals surface area contributed by atoms with E-state index < -0.39 is 0 Å². The molecule has 1 fully saturated rings. The van der Waals surface area contributed by atoms with Gasteiger partial charge in [-0.25, -0.2) is 0 Å². The molecule has 1 aromatic rings. The summed E-state index contributed by atoms with van der Waals surface area (Å²) in [7, 11) is 0. The number of nitriles is 1. The lowest BCUT2D eigenvalue weighted by molar-refractivity contribution is 0.454. The standard InChI is InChI=1S/C11H11N3OS/c12-8-13-11-14(5-6-16-11)7-9-1-3-10(15)4-2-9/h1-4,15H,5-7H2/b13-11+. The molecule has 0 aromatic heterocycles. The van der Waals surface area contributed by atoms with E-state index in [1.807, 2.05) is 18.3 Å². The summed E-state index contributed by atoms with van der Waals surface area (Å²) in [4.78, 5) is 5.85. The largest absolute Gasteiger partial charge is 0.508 e. The number of aromatic hydroxyl groups is 1. The second-order valence-electron chi connectivity index (χ2n) is 3.43. The Kier molecular flexibility index (Phi) is 3.32. The van der Waals surface area contributed by atoms with Crippen LogP contribution in [0, 0.1) is 11.5 Å². The zero-order valence-electron chi connectivity index (χ0n) is 8.63. The lowest BCUT2D eigenvalue weighted by Crippen LogP contribution is -2.23. The quantitative estimate of drug-likeness (QED) is 0.791. The normalized spacial score (nSPS) is 17.7. The molecule has 0 atom stereocenters. The lowest BCUT2D eigenvalue weighted by Gasteiger charge is -2.16. The van der Waals surface area contributed by atoms with Gasteiger partial charge < -0.3 is 10.0 Å². The zero-order valence-corrected chi connectivity index (χ0v) is 9.44. The summed E-state index contributed by atoms with van der Waals surface area (Å²) in [6.07, 6.45) is 1.82. The highest BCUT2D eigenvalue weighted by atomic mass is 32.2. The van der Waals surface area contributed by atoms with Gasteiger partial charge in [0, 0.05) is 18.8 Å². The van der Waals surface area contributed by atoms with Crippen LogP contribution in [0.15, 0.2) is 29.3 Å². The first kappa shape index (κ1) is 10.8. The molecule has 0 amide bonds. The number of nitrogens with zero attached hydrogens (tertiary/aromatic N) is 3. The first-order valence-electron chi connectivity index (χ1n) is 4.92. The summed E-state index contributed by atoms with van der Waals surface area (Å²) in [5.74, 6) is 1.24. The van der Waals surface area contributed by atoms with Crippen LogP contribution in [0.5, 0.6) is 5.75 Å². The third kappa shape index (κ3) is 2.47. The van der Waals surface area contributed by atoms with Gasteiger partial charge in [-0.05, 0) is 17.7 Å². The third-order valence-corrected chi connectivity index (χ3v) is 3.31. The van der Waals surface area contributed by atoms with Crippen LogP contribution in [0.3, 0.4) is 0 Å². The Morgan fingerprint density at radius 2 is 2.19 bits per heavy atom. The van der Waals surface area contributed by atoms with E-state index in [2.05, 4.69) is 9.89 Å². The summed E-state index contributed by atoms with van der Waals surface area (Å²) >= 11 is 1.60. The number of rotatable bonds is 2. The maximum absolute atomic E-state index is 9.17. The van der Waals surface area contributed by atoms with Gasteiger partial charge in [0.15, 0.2) is 5.17 Å². The molecule has 0 bridgehead atoms. The van der Waals surface area contributed by atoms with E-state index in [4.69, 9.17) is 10.4 Å². The number of thioether (sulfide) groups is 1. The molecule has 16 heavy (non-hydrogen) atoms. The van der Waals surface area contributed by atoms with Crippen LogP contribution < -0.4 is 0 Å². The molecule has 1 aliphatic rings. The summed E-state index contributed by atoms with van der Waals surface area (Å²) in [6, 6.07) is 7.09. The smallest absolute Gasteiger partial charge is 0.208 e. The molecule has 5 heteroatoms. The van der Waals surface area contributed by atoms with Crippen molar-refractivity contribution in [3.63, 3.8) is 0 Å². The van der Waals surface area contributed by atoms with Crippen LogP contribution in [0.4, 0.5) is 0 Å². The van der Waals surface area contributed by atoms with Crippen molar-refractivity contribution in [1.82, 2.24) is 4.90 Å². The van der Waals surface area contributed by atoms with E-state index in [0.717, 1.165) is 29.6 Å². The summed E-state index contributed by atoms with van der Waals surface area (Å²) in [6.45, 7) is 1.64. The second-order valence-corrected chi connectivity index (χ2v) is 4.49. The summed E-state index contributed by atoms with van der Waals surface area (Å²) in [5.41, 5.74) is 1.10. The topological polar surface area (TPSA) is 59.6 Å². The molecule has 1 heterocycles. The Hall–Kier alpha value is -1.67. The average Bonchev–Trinajstić information content (AvgIpc) is 2.70. The van der Waals surface area contributed by atoms with E-state index >= 15 is 0 Å². The molecule has 1 aliphatic heterocycles. The van der Waals surface area contributed by atoms with Crippen LogP contribution in [0.25, 0.3) is 0 Å². The van der Waals surface area contributed by atoms with E-state index in [1.54, 1.807) is 23.9 Å². The van der Waals surface area contributed by atoms with Crippen LogP contribution >= 0.6 is 11.8 Å². The number of hydrogen-bond acceptors (Lipinski definition) is 4. The fourth-order valence-corrected chi connectivity index (χ4v) is 2.49. The van der Waals surface area contributed by atoms with Crippen molar-refractivity contribution in [1.29, 1.82) is 5.26 Å². The highest BCUT2D eigenvalue weighted by Crippen LogP contribution is 2.21. The molecular weight excluding hydrogens is 222 g/mol. The Morgan fingerprint density at radius 1 is 1.44 bits per heavy atom. The van der Waals surface area contributed by atoms with Gasteiger partial charge in [0.2, 0.25) is 6.19 Å². The van der Waals surface area contributed by atoms with Crippen molar-refractivity contribution in [3.05, 3.63) is 29.8 Å². The molecule has 0 aliphatic carbocycles. The summed E-state index contributed by atoms with van der Waals surface area (Å²) < 4.78 is 0. The van der Waals surface area contributed by atoms with Crippen LogP contribution in [0.2, 0.25) is 0 Å². The monoisotopic (exact) mass is 233 g/mol. The first-order chi connectivity index (χ1) is 7.79. The third-order valence-electron chi connectivity index (χ3n) is 2.32. The predicted octanol–water partition coefficient (Wildman–Crippen LogP) is 1.78. The molecule has 2 rings (SSSR count). The predicted molar refractivity (Wildman–Crippen MR) is 64.0 cm³/mol. The molecule has 4 nitrogen and oxygen atoms in total. The Labute approximate surface area is 98.2 Å². The molecule has 0 spiro atoms. The number of amidine groups is 1. The van der Waals surface area contributed by atoms with Gasteiger partial charge in [-0.2, -0.15) is 5.26 Å². The zero-order chi connectivity index (χ0) is 11.4. The van der Waals surface area contributed by atoms with Crippen molar-refractivity contribution in [3.8, 4) is 11.9 Å². The molecule has 0 radical (unpaired) electrons. The van der Waals surface area contributed by atoms with Crippen molar-refractivity contribution in [2.75, 3.05) is 12.3 Å². The van der Waals surface area contributed by atoms with Gasteiger partial charge in [0.1, 0.15) is 5.75 Å². The minimum absolute atomic E-state index is 0.269. The van der Waals surface area contributed by atoms with Gasteiger partial charge in [-0.3, -0.25) is 0 Å². The first-order valence-corrected chi connectivity index (χ1v) is 5.90. The highest BCUT2D eigenvalue weighted by Gasteiger charge is 2.19. The SMILES string of the molecule is N#C/N=C1/SCCN1Cc1ccc(O)cc1. The van der Waals surface area contributed by atoms with Gasteiger partial charge in [0.05, 0.1) is 0 Å². The summed E-state index contributed by atoms with van der Waals surface area (Å²) in [5, 5.41) is 18.5. The van der Waals surface area contributed by atoms with Crippen molar-refractivity contribution >= 4 is 16.9 Å². The molecule has 1 aromatic carbocycles. The number of hydrogen-bond donors (Lipinski definition) is 1. The van der Waals surface area contributed by atoms with Crippen LogP contribution in [0.1, 0.15) is 5.56 Å². The number of aliphatic imine (C=N–C) groups is 1. The molecule has 1 saturated heterocycles. The lowest BCUT2D eigenvalue weighted by atomic mass is 10.2. The number of phenols is 1. The minimum Gasteiger partial charge on any atom is -0.508 e. The Bertz CT molecular complexity index is 436. The van der Waals surface area contributed by atoms with E-state index in [-0.39, 0.29) is 5.75 Å². The molecule has 82 valence electrons. The van der Waals surface area contributed by atoms with E-state index in [9.17, 15) is 0 Å². The van der Waals surface area contributed by atoms with Crippen molar-refractivity contribution in [2.24, 2.45) is 4.99 Å². The maximum atomic E-state index is 9.17. The number of phenolic OH excluding ortho intramolecular Hbond substituents is 1. The fraction of sp³-hybridized carbons (Fsp3) is 0.273. The number of benzene rings is 1. The average molecular weight is 233 g/mol. The Balaban J connectivity index is 2.07. The van der Waals surface area contributed by atoms with Gasteiger partial charge in [-0.15, -0.1) is 4.99 Å². The van der Waals surface area contributed by atoms with E-state index in [0.29, 0.717) is 0 Å². The van der Waals surface area contributed by atoms with Gasteiger partial charge in [-0.1, -0.05) is 23.9 Å². The van der Waals surface area contributed by atoms with Crippen LogP contribution in [-0.2, 0) is 6.54 Å². The highest BCUT2D eigenvalue weighted by molar-refractivity contribution is 8.14. The fourth-order valence-electron chi connectivity index (χ4n) is 1.55. The second kappa shape index (κ2) is 4.90. The minimum atomic E-state index is 0.269. The molecular formula is C11H11N3OS. The van der Waals surface area contributed by atoms with Crippen molar-refractivity contribution in [2.45, 2.75) is 6.54 Å². The molecule has 0 saturated carbocycles. The van der Waals surface area contributed by atoms with Gasteiger partial charge in [0.25, 0.3) is 0 Å². The Morgan fingerprint density at radius 3 is 2.88 bits per heavy atom. The molecule has 0 unspecified atom stereocenters. The van der Waals surface area contributed by atoms with E-state index in [1.165, 1.54) is 0 Å². The van der Waals surface area contributed by atoms with Gasteiger partial charge >= 0.3 is 0 Å². The van der Waals surface area contributed by atoms with Crippen molar-refractivity contribution < 1.29 is 5.11 Å². The van der Waals surface area contributed by atoms with Crippen LogP contribution in [-0.4, -0.2) is 27.5 Å².